The Hall–Kier alpha value is -3.26. The van der Waals surface area contributed by atoms with Gasteiger partial charge in [-0.25, -0.2) is 4.98 Å². The number of pyridine rings is 2. The van der Waals surface area contributed by atoms with Crippen molar-refractivity contribution in [1.82, 2.24) is 20.4 Å². The minimum Gasteiger partial charge on any atom is -0.487 e. The fraction of sp³-hybridized carbons (Fsp3) is 0.300. The van der Waals surface area contributed by atoms with E-state index in [1.165, 1.54) is 6.20 Å². The van der Waals surface area contributed by atoms with Gasteiger partial charge in [0.25, 0.3) is 5.91 Å². The molecule has 1 amide bonds. The van der Waals surface area contributed by atoms with Crippen molar-refractivity contribution >= 4 is 5.91 Å². The van der Waals surface area contributed by atoms with Crippen molar-refractivity contribution in [3.05, 3.63) is 59.7 Å². The van der Waals surface area contributed by atoms with Crippen LogP contribution in [-0.2, 0) is 6.61 Å². The van der Waals surface area contributed by atoms with E-state index in [0.717, 1.165) is 5.56 Å². The van der Waals surface area contributed by atoms with Crippen LogP contribution >= 0.6 is 0 Å². The van der Waals surface area contributed by atoms with Crippen molar-refractivity contribution in [2.24, 2.45) is 0 Å². The Morgan fingerprint density at radius 2 is 2.14 bits per heavy atom. The Labute approximate surface area is 162 Å². The average molecular weight is 382 g/mol. The first-order valence-corrected chi connectivity index (χ1v) is 8.99. The smallest absolute Gasteiger partial charge is 0.270 e. The third-order valence-corrected chi connectivity index (χ3v) is 4.29. The van der Waals surface area contributed by atoms with Crippen LogP contribution in [0.5, 0.6) is 5.75 Å². The summed E-state index contributed by atoms with van der Waals surface area (Å²) in [6, 6.07) is 8.53. The molecule has 0 aromatic carbocycles. The Bertz CT molecular complexity index is 906. The summed E-state index contributed by atoms with van der Waals surface area (Å²) < 4.78 is 11.1. The molecule has 8 heteroatoms. The molecule has 3 aromatic rings. The number of carbonyl (C=O) groups is 1. The van der Waals surface area contributed by atoms with Gasteiger partial charge in [0.15, 0.2) is 0 Å². The molecule has 28 heavy (non-hydrogen) atoms. The van der Waals surface area contributed by atoms with Gasteiger partial charge in [0.1, 0.15) is 29.5 Å². The molecule has 146 valence electrons. The SMILES string of the molecule is CCC(CO)NC(=O)c1ccc(OCc2c(-c3ccccn3)noc2C)cn1. The van der Waals surface area contributed by atoms with Crippen LogP contribution in [0.15, 0.2) is 47.2 Å². The monoisotopic (exact) mass is 382 g/mol. The topological polar surface area (TPSA) is 110 Å². The van der Waals surface area contributed by atoms with Crippen LogP contribution in [-0.4, -0.2) is 38.8 Å². The van der Waals surface area contributed by atoms with Gasteiger partial charge in [0.05, 0.1) is 30.1 Å². The Morgan fingerprint density at radius 3 is 2.79 bits per heavy atom. The summed E-state index contributed by atoms with van der Waals surface area (Å²) in [5.74, 6) is 0.831. The van der Waals surface area contributed by atoms with Gasteiger partial charge in [-0.05, 0) is 37.6 Å². The van der Waals surface area contributed by atoms with E-state index < -0.39 is 0 Å². The fourth-order valence-electron chi connectivity index (χ4n) is 2.56. The predicted octanol–water partition coefficient (Wildman–Crippen LogP) is 2.52. The van der Waals surface area contributed by atoms with Crippen molar-refractivity contribution < 1.29 is 19.2 Å². The van der Waals surface area contributed by atoms with Gasteiger partial charge in [0.2, 0.25) is 0 Å². The summed E-state index contributed by atoms with van der Waals surface area (Å²) in [5, 5.41) is 16.0. The molecule has 1 unspecified atom stereocenters. The van der Waals surface area contributed by atoms with E-state index in [9.17, 15) is 9.90 Å². The molecular weight excluding hydrogens is 360 g/mol. The number of aromatic nitrogens is 3. The molecule has 0 aliphatic heterocycles. The number of carbonyl (C=O) groups excluding carboxylic acids is 1. The van der Waals surface area contributed by atoms with Crippen LogP contribution in [0.2, 0.25) is 0 Å². The highest BCUT2D eigenvalue weighted by Crippen LogP contribution is 2.24. The lowest BCUT2D eigenvalue weighted by Crippen LogP contribution is -2.37. The summed E-state index contributed by atoms with van der Waals surface area (Å²) in [7, 11) is 0. The molecule has 3 rings (SSSR count). The van der Waals surface area contributed by atoms with E-state index >= 15 is 0 Å². The summed E-state index contributed by atoms with van der Waals surface area (Å²) >= 11 is 0. The Morgan fingerprint density at radius 1 is 1.29 bits per heavy atom. The maximum atomic E-state index is 12.1. The zero-order valence-corrected chi connectivity index (χ0v) is 15.8. The van der Waals surface area contributed by atoms with E-state index in [0.29, 0.717) is 29.3 Å². The fourth-order valence-corrected chi connectivity index (χ4v) is 2.56. The van der Waals surface area contributed by atoms with Crippen molar-refractivity contribution in [1.29, 1.82) is 0 Å². The number of hydrogen-bond acceptors (Lipinski definition) is 7. The summed E-state index contributed by atoms with van der Waals surface area (Å²) in [6.07, 6.45) is 3.82. The highest BCUT2D eigenvalue weighted by atomic mass is 16.5. The van der Waals surface area contributed by atoms with Crippen LogP contribution < -0.4 is 10.1 Å². The van der Waals surface area contributed by atoms with Crippen LogP contribution in [0.1, 0.15) is 35.2 Å². The molecule has 1 atom stereocenters. The molecule has 0 aliphatic rings. The van der Waals surface area contributed by atoms with Crippen molar-refractivity contribution in [2.75, 3.05) is 6.61 Å². The molecule has 2 N–H and O–H groups in total. The second-order valence-electron chi connectivity index (χ2n) is 6.21. The zero-order chi connectivity index (χ0) is 19.9. The number of hydrogen-bond donors (Lipinski definition) is 2. The first-order valence-electron chi connectivity index (χ1n) is 8.99. The molecule has 0 aliphatic carbocycles. The second kappa shape index (κ2) is 9.09. The van der Waals surface area contributed by atoms with Crippen molar-refractivity contribution in [3.63, 3.8) is 0 Å². The van der Waals surface area contributed by atoms with Gasteiger partial charge in [-0.2, -0.15) is 0 Å². The molecule has 3 heterocycles. The van der Waals surface area contributed by atoms with Crippen LogP contribution in [0, 0.1) is 6.92 Å². The quantitative estimate of drug-likeness (QED) is 0.616. The minimum atomic E-state index is -0.334. The Balaban J connectivity index is 1.66. The lowest BCUT2D eigenvalue weighted by atomic mass is 10.1. The largest absolute Gasteiger partial charge is 0.487 e. The highest BCUT2D eigenvalue weighted by molar-refractivity contribution is 5.92. The van der Waals surface area contributed by atoms with Gasteiger partial charge in [-0.3, -0.25) is 9.78 Å². The zero-order valence-electron chi connectivity index (χ0n) is 15.8. The molecule has 0 bridgehead atoms. The number of rotatable bonds is 8. The molecule has 0 saturated heterocycles. The molecular formula is C20H22N4O4. The van der Waals surface area contributed by atoms with E-state index in [4.69, 9.17) is 9.26 Å². The van der Waals surface area contributed by atoms with Crippen LogP contribution in [0.4, 0.5) is 0 Å². The normalized spacial score (nSPS) is 11.8. The van der Waals surface area contributed by atoms with Crippen molar-refractivity contribution in [2.45, 2.75) is 32.9 Å². The maximum Gasteiger partial charge on any atom is 0.270 e. The molecule has 3 aromatic heterocycles. The summed E-state index contributed by atoms with van der Waals surface area (Å²) in [6.45, 7) is 3.82. The number of aliphatic hydroxyl groups is 1. The van der Waals surface area contributed by atoms with Gasteiger partial charge in [0, 0.05) is 6.20 Å². The van der Waals surface area contributed by atoms with Crippen molar-refractivity contribution in [3.8, 4) is 17.1 Å². The van der Waals surface area contributed by atoms with Crippen LogP contribution in [0.3, 0.4) is 0 Å². The van der Waals surface area contributed by atoms with Gasteiger partial charge >= 0.3 is 0 Å². The van der Waals surface area contributed by atoms with E-state index in [2.05, 4.69) is 20.4 Å². The molecule has 0 saturated carbocycles. The lowest BCUT2D eigenvalue weighted by Gasteiger charge is -2.13. The number of aryl methyl sites for hydroxylation is 1. The molecule has 0 radical (unpaired) electrons. The third-order valence-electron chi connectivity index (χ3n) is 4.29. The van der Waals surface area contributed by atoms with Crippen LogP contribution in [0.25, 0.3) is 11.4 Å². The number of aliphatic hydroxyl groups excluding tert-OH is 1. The number of amides is 1. The number of ether oxygens (including phenoxy) is 1. The predicted molar refractivity (Wildman–Crippen MR) is 102 cm³/mol. The lowest BCUT2D eigenvalue weighted by molar-refractivity contribution is 0.0910. The molecule has 8 nitrogen and oxygen atoms in total. The number of nitrogens with zero attached hydrogens (tertiary/aromatic N) is 3. The van der Waals surface area contributed by atoms with Gasteiger partial charge in [-0.1, -0.05) is 18.1 Å². The highest BCUT2D eigenvalue weighted by Gasteiger charge is 2.17. The molecule has 0 fully saturated rings. The van der Waals surface area contributed by atoms with E-state index in [1.807, 2.05) is 32.0 Å². The maximum absolute atomic E-state index is 12.1. The number of nitrogens with one attached hydrogen (secondary N) is 1. The van der Waals surface area contributed by atoms with E-state index in [1.54, 1.807) is 18.3 Å². The first-order chi connectivity index (χ1) is 13.6. The van der Waals surface area contributed by atoms with E-state index in [-0.39, 0.29) is 30.9 Å². The van der Waals surface area contributed by atoms with Gasteiger partial charge in [-0.15, -0.1) is 0 Å². The first kappa shape index (κ1) is 19.5. The van der Waals surface area contributed by atoms with Gasteiger partial charge < -0.3 is 19.7 Å². The third kappa shape index (κ3) is 4.52. The summed E-state index contributed by atoms with van der Waals surface area (Å²) in [4.78, 5) is 20.5. The summed E-state index contributed by atoms with van der Waals surface area (Å²) in [5.41, 5.74) is 2.40. The standard InChI is InChI=1S/C20H22N4O4/c1-3-14(11-25)23-20(26)18-8-7-15(10-22-18)27-12-16-13(2)28-24-19(16)17-6-4-5-9-21-17/h4-10,14,25H,3,11-12H2,1-2H3,(H,23,26). The molecule has 0 spiro atoms. The minimum absolute atomic E-state index is 0.111. The second-order valence-corrected chi connectivity index (χ2v) is 6.21. The average Bonchev–Trinajstić information content (AvgIpc) is 3.11. The Kier molecular flexibility index (Phi) is 6.33.